The van der Waals surface area contributed by atoms with Crippen LogP contribution in [0.2, 0.25) is 0 Å². The third-order valence-electron chi connectivity index (χ3n) is 3.60. The van der Waals surface area contributed by atoms with Gasteiger partial charge in [0.1, 0.15) is 0 Å². The maximum absolute atomic E-state index is 3.50. The second-order valence-electron chi connectivity index (χ2n) is 5.83. The maximum atomic E-state index is 3.50. The van der Waals surface area contributed by atoms with E-state index in [4.69, 9.17) is 0 Å². The van der Waals surface area contributed by atoms with E-state index in [1.54, 1.807) is 0 Å². The van der Waals surface area contributed by atoms with E-state index in [1.807, 2.05) is 0 Å². The van der Waals surface area contributed by atoms with Crippen molar-refractivity contribution in [2.45, 2.75) is 58.8 Å². The van der Waals surface area contributed by atoms with E-state index in [9.17, 15) is 0 Å². The maximum Gasteiger partial charge on any atom is -0.00406 e. The Hall–Kier alpha value is -0.820. The van der Waals surface area contributed by atoms with Gasteiger partial charge in [0.2, 0.25) is 0 Å². The van der Waals surface area contributed by atoms with Crippen molar-refractivity contribution in [2.24, 2.45) is 0 Å². The third kappa shape index (κ3) is 4.81. The van der Waals surface area contributed by atoms with E-state index in [0.29, 0.717) is 0 Å². The van der Waals surface area contributed by atoms with E-state index < -0.39 is 0 Å². The lowest BCUT2D eigenvalue weighted by molar-refractivity contribution is 0.457. The SMILES string of the molecule is CCCNCCC(C)(C)c1cccc(CCC)c1. The highest BCUT2D eigenvalue weighted by molar-refractivity contribution is 5.29. The summed E-state index contributed by atoms with van der Waals surface area (Å²) in [6.45, 7) is 11.4. The summed E-state index contributed by atoms with van der Waals surface area (Å²) in [6.07, 6.45) is 4.83. The normalized spacial score (nSPS) is 11.8. The molecule has 0 saturated heterocycles. The highest BCUT2D eigenvalue weighted by Gasteiger charge is 2.19. The van der Waals surface area contributed by atoms with Crippen LogP contribution in [0.4, 0.5) is 0 Å². The average molecular weight is 247 g/mol. The monoisotopic (exact) mass is 247 g/mol. The van der Waals surface area contributed by atoms with Gasteiger partial charge in [-0.2, -0.15) is 0 Å². The Bertz CT molecular complexity index is 341. The first-order chi connectivity index (χ1) is 8.60. The molecule has 0 bridgehead atoms. The van der Waals surface area contributed by atoms with Crippen molar-refractivity contribution in [3.63, 3.8) is 0 Å². The summed E-state index contributed by atoms with van der Waals surface area (Å²) in [5.41, 5.74) is 3.22. The van der Waals surface area contributed by atoms with Crippen molar-refractivity contribution in [3.05, 3.63) is 35.4 Å². The van der Waals surface area contributed by atoms with Gasteiger partial charge in [-0.3, -0.25) is 0 Å². The van der Waals surface area contributed by atoms with Crippen LogP contribution in [0.5, 0.6) is 0 Å². The van der Waals surface area contributed by atoms with Crippen molar-refractivity contribution < 1.29 is 0 Å². The summed E-state index contributed by atoms with van der Waals surface area (Å²) in [5.74, 6) is 0. The average Bonchev–Trinajstić information content (AvgIpc) is 2.36. The zero-order valence-electron chi connectivity index (χ0n) is 12.6. The summed E-state index contributed by atoms with van der Waals surface area (Å²) in [7, 11) is 0. The van der Waals surface area contributed by atoms with Gasteiger partial charge in [0.05, 0.1) is 0 Å². The molecule has 0 aliphatic heterocycles. The van der Waals surface area contributed by atoms with Gasteiger partial charge in [-0.15, -0.1) is 0 Å². The van der Waals surface area contributed by atoms with Crippen LogP contribution in [-0.2, 0) is 11.8 Å². The molecule has 0 atom stereocenters. The fourth-order valence-corrected chi connectivity index (χ4v) is 2.28. The summed E-state index contributed by atoms with van der Waals surface area (Å²) in [5, 5.41) is 3.50. The number of aryl methyl sites for hydroxylation is 1. The lowest BCUT2D eigenvalue weighted by Gasteiger charge is -2.26. The number of rotatable bonds is 8. The lowest BCUT2D eigenvalue weighted by Crippen LogP contribution is -2.26. The van der Waals surface area contributed by atoms with Crippen LogP contribution in [0.3, 0.4) is 0 Å². The van der Waals surface area contributed by atoms with Crippen LogP contribution >= 0.6 is 0 Å². The van der Waals surface area contributed by atoms with Gasteiger partial charge in [-0.25, -0.2) is 0 Å². The van der Waals surface area contributed by atoms with Crippen LogP contribution in [0.1, 0.15) is 58.1 Å². The largest absolute Gasteiger partial charge is 0.317 e. The summed E-state index contributed by atoms with van der Waals surface area (Å²) >= 11 is 0. The molecular weight excluding hydrogens is 218 g/mol. The minimum atomic E-state index is 0.268. The molecule has 0 unspecified atom stereocenters. The molecule has 0 aliphatic rings. The molecule has 1 nitrogen and oxygen atoms in total. The standard InChI is InChI=1S/C17H29N/c1-5-8-15-9-7-10-16(14-15)17(3,4)11-13-18-12-6-2/h7,9-10,14,18H,5-6,8,11-13H2,1-4H3. The molecule has 0 saturated carbocycles. The molecule has 0 aromatic heterocycles. The Balaban J connectivity index is 2.62. The Morgan fingerprint density at radius 3 is 2.50 bits per heavy atom. The fourth-order valence-electron chi connectivity index (χ4n) is 2.28. The molecule has 0 fully saturated rings. The Labute approximate surface area is 113 Å². The minimum absolute atomic E-state index is 0.268. The predicted molar refractivity (Wildman–Crippen MR) is 81.2 cm³/mol. The van der Waals surface area contributed by atoms with Crippen LogP contribution in [0.15, 0.2) is 24.3 Å². The minimum Gasteiger partial charge on any atom is -0.317 e. The van der Waals surface area contributed by atoms with Crippen molar-refractivity contribution >= 4 is 0 Å². The second-order valence-corrected chi connectivity index (χ2v) is 5.83. The van der Waals surface area contributed by atoms with Crippen molar-refractivity contribution in [1.82, 2.24) is 5.32 Å². The summed E-state index contributed by atoms with van der Waals surface area (Å²) in [6, 6.07) is 9.13. The first-order valence-electron chi connectivity index (χ1n) is 7.40. The van der Waals surface area contributed by atoms with Crippen molar-refractivity contribution in [2.75, 3.05) is 13.1 Å². The number of hydrogen-bond acceptors (Lipinski definition) is 1. The zero-order valence-corrected chi connectivity index (χ0v) is 12.6. The topological polar surface area (TPSA) is 12.0 Å². The van der Waals surface area contributed by atoms with Crippen LogP contribution < -0.4 is 5.32 Å². The third-order valence-corrected chi connectivity index (χ3v) is 3.60. The van der Waals surface area contributed by atoms with E-state index in [0.717, 1.165) is 13.1 Å². The van der Waals surface area contributed by atoms with E-state index >= 15 is 0 Å². The van der Waals surface area contributed by atoms with Crippen LogP contribution in [0.25, 0.3) is 0 Å². The molecule has 1 aromatic carbocycles. The number of hydrogen-bond donors (Lipinski definition) is 1. The number of nitrogens with one attached hydrogen (secondary N) is 1. The van der Waals surface area contributed by atoms with Crippen LogP contribution in [-0.4, -0.2) is 13.1 Å². The first-order valence-corrected chi connectivity index (χ1v) is 7.40. The van der Waals surface area contributed by atoms with Gasteiger partial charge in [-0.1, -0.05) is 58.4 Å². The zero-order chi connectivity index (χ0) is 13.4. The molecule has 102 valence electrons. The quantitative estimate of drug-likeness (QED) is 0.675. The predicted octanol–water partition coefficient (Wildman–Crippen LogP) is 4.31. The molecule has 1 aromatic rings. The van der Waals surface area contributed by atoms with E-state index in [2.05, 4.69) is 57.3 Å². The second kappa shape index (κ2) is 7.58. The highest BCUT2D eigenvalue weighted by Crippen LogP contribution is 2.27. The molecular formula is C17H29N. The Morgan fingerprint density at radius 2 is 1.83 bits per heavy atom. The molecule has 0 heterocycles. The molecule has 1 heteroatoms. The fraction of sp³-hybridized carbons (Fsp3) is 0.647. The molecule has 0 aliphatic carbocycles. The van der Waals surface area contributed by atoms with Crippen molar-refractivity contribution in [3.8, 4) is 0 Å². The van der Waals surface area contributed by atoms with Gasteiger partial charge in [0.15, 0.2) is 0 Å². The molecule has 0 amide bonds. The smallest absolute Gasteiger partial charge is 0.00406 e. The molecule has 0 spiro atoms. The van der Waals surface area contributed by atoms with Crippen molar-refractivity contribution in [1.29, 1.82) is 0 Å². The van der Waals surface area contributed by atoms with Gasteiger partial charge >= 0.3 is 0 Å². The van der Waals surface area contributed by atoms with E-state index in [1.165, 1.54) is 36.8 Å². The molecule has 1 rings (SSSR count). The molecule has 1 N–H and O–H groups in total. The first kappa shape index (κ1) is 15.2. The Kier molecular flexibility index (Phi) is 6.42. The van der Waals surface area contributed by atoms with Gasteiger partial charge in [0.25, 0.3) is 0 Å². The van der Waals surface area contributed by atoms with Gasteiger partial charge in [-0.05, 0) is 48.9 Å². The van der Waals surface area contributed by atoms with E-state index in [-0.39, 0.29) is 5.41 Å². The highest BCUT2D eigenvalue weighted by atomic mass is 14.8. The van der Waals surface area contributed by atoms with Crippen LogP contribution in [0, 0.1) is 0 Å². The van der Waals surface area contributed by atoms with Gasteiger partial charge in [0, 0.05) is 0 Å². The lowest BCUT2D eigenvalue weighted by atomic mass is 9.80. The molecule has 18 heavy (non-hydrogen) atoms. The van der Waals surface area contributed by atoms with Gasteiger partial charge < -0.3 is 5.32 Å². The molecule has 0 radical (unpaired) electrons. The summed E-state index contributed by atoms with van der Waals surface area (Å²) in [4.78, 5) is 0. The number of benzene rings is 1. The summed E-state index contributed by atoms with van der Waals surface area (Å²) < 4.78 is 0. The Morgan fingerprint density at radius 1 is 1.06 bits per heavy atom.